The monoisotopic (exact) mass is 1670 g/mol. The molecule has 2 rings (SSSR count). The number of unbranched alkanes of at least 4 members (excludes halogenated alkanes) is 4. The second-order valence-electron chi connectivity index (χ2n) is 29.3. The lowest BCUT2D eigenvalue weighted by Crippen LogP contribution is -2.61. The maximum absolute atomic E-state index is 14.4. The van der Waals surface area contributed by atoms with Crippen molar-refractivity contribution in [2.24, 2.45) is 34.6 Å². The van der Waals surface area contributed by atoms with Crippen molar-refractivity contribution >= 4 is 112 Å². The van der Waals surface area contributed by atoms with Gasteiger partial charge < -0.3 is 138 Å². The van der Waals surface area contributed by atoms with Gasteiger partial charge in [0.25, 0.3) is 0 Å². The number of hydrogen-bond acceptors (Lipinski definition) is 26. The van der Waals surface area contributed by atoms with E-state index in [9.17, 15) is 122 Å². The Morgan fingerprint density at radius 3 is 0.889 bits per heavy atom. The van der Waals surface area contributed by atoms with E-state index in [4.69, 9.17) is 28.7 Å². The van der Waals surface area contributed by atoms with Gasteiger partial charge in [-0.1, -0.05) is 13.8 Å². The fourth-order valence-corrected chi connectivity index (χ4v) is 12.5. The number of aliphatic hydroxyl groups excluding tert-OH is 2. The van der Waals surface area contributed by atoms with E-state index in [1.54, 1.807) is 0 Å². The summed E-state index contributed by atoms with van der Waals surface area (Å²) < 4.78 is 0. The van der Waals surface area contributed by atoms with E-state index in [1.807, 2.05) is 0 Å². The predicted octanol–water partition coefficient (Wildman–Crippen LogP) is -8.49. The number of rotatable bonds is 57. The number of aliphatic carboxylic acids is 4. The lowest BCUT2D eigenvalue weighted by atomic mass is 10.0. The molecule has 2 aliphatic heterocycles. The van der Waals surface area contributed by atoms with Crippen LogP contribution in [0.15, 0.2) is 0 Å². The van der Waals surface area contributed by atoms with E-state index in [-0.39, 0.29) is 96.9 Å². The number of carbonyl (C=O) groups is 19. The summed E-state index contributed by atoms with van der Waals surface area (Å²) in [6, 6.07) is -23.6. The van der Waals surface area contributed by atoms with Gasteiger partial charge in [-0.05, 0) is 182 Å². The van der Waals surface area contributed by atoms with Gasteiger partial charge in [0.05, 0.1) is 19.3 Å². The van der Waals surface area contributed by atoms with E-state index >= 15 is 0 Å². The van der Waals surface area contributed by atoms with Crippen LogP contribution in [0.5, 0.6) is 0 Å². The summed E-state index contributed by atoms with van der Waals surface area (Å²) in [5.74, 6) is -20.9. The van der Waals surface area contributed by atoms with Crippen molar-refractivity contribution in [3.8, 4) is 0 Å². The summed E-state index contributed by atoms with van der Waals surface area (Å²) >= 11 is 0. The SMILES string of the molecule is CC(C)[C@H](NC(=O)[C@@H]1CCCN1C(=O)[C@H](CO)NC(=O)[C@H](CCCCN)NC(=O)[C@H](C)NC(=O)[C@H](CCC(=O)O)NC(=O)[C@H](C)NC(=O)[C@@H]1CCCN1C(=O)[C@H](CO)NC(=O)[C@H](CCCCN)NC(=O)[C@H](C)N)C(=O)N[C@@H](CCCCN)C(=O)N[C@@H](CCC(=O)O)C(=O)N[C@@H](CCC(=O)O)C(=O)N[C@@H](C)C(=O)N[C@@H](CCCCN)C(=O)O. The molecule has 2 fully saturated rings. The minimum Gasteiger partial charge on any atom is -0.481 e. The largest absolute Gasteiger partial charge is 0.481 e. The highest BCUT2D eigenvalue weighted by molar-refractivity contribution is 6.01. The van der Waals surface area contributed by atoms with Gasteiger partial charge in [0.2, 0.25) is 88.6 Å². The number of amides is 15. The van der Waals surface area contributed by atoms with Crippen LogP contribution in [-0.4, -0.2) is 302 Å². The average Bonchev–Trinajstić information content (AvgIpc) is 1.60. The second-order valence-corrected chi connectivity index (χ2v) is 29.3. The maximum atomic E-state index is 14.4. The van der Waals surface area contributed by atoms with Crippen LogP contribution in [0.25, 0.3) is 0 Å². The fourth-order valence-electron chi connectivity index (χ4n) is 12.5. The molecule has 0 aliphatic carbocycles. The van der Waals surface area contributed by atoms with Crippen LogP contribution in [0.4, 0.5) is 0 Å². The summed E-state index contributed by atoms with van der Waals surface area (Å²) in [6.45, 7) is 6.77. The highest BCUT2D eigenvalue weighted by Gasteiger charge is 2.43. The molecular weight excluding hydrogens is 1540 g/mol. The first-order valence-electron chi connectivity index (χ1n) is 39.4. The van der Waals surface area contributed by atoms with E-state index in [0.717, 1.165) is 9.80 Å². The van der Waals surface area contributed by atoms with Crippen LogP contribution < -0.4 is 97.8 Å². The molecule has 45 nitrogen and oxygen atoms in total. The van der Waals surface area contributed by atoms with Gasteiger partial charge in [0.15, 0.2) is 0 Å². The number of carboxylic acid groups (broad SMARTS) is 4. The van der Waals surface area contributed by atoms with Gasteiger partial charge in [-0.3, -0.25) is 86.3 Å². The molecule has 0 aromatic heterocycles. The number of hydrogen-bond donors (Lipinski definition) is 24. The molecule has 0 aromatic rings. The van der Waals surface area contributed by atoms with Crippen LogP contribution in [0.2, 0.25) is 0 Å². The quantitative estimate of drug-likeness (QED) is 0.0252. The van der Waals surface area contributed by atoms with E-state index in [2.05, 4.69) is 69.1 Å². The summed E-state index contributed by atoms with van der Waals surface area (Å²) in [6.07, 6.45) is -0.914. The number of carbonyl (C=O) groups excluding carboxylic acids is 15. The van der Waals surface area contributed by atoms with Crippen LogP contribution in [-0.2, 0) is 91.1 Å². The van der Waals surface area contributed by atoms with Gasteiger partial charge in [0.1, 0.15) is 90.6 Å². The first kappa shape index (κ1) is 103. The molecule has 662 valence electrons. The topological polar surface area (TPSA) is 739 Å². The Bertz CT molecular complexity index is 3390. The Morgan fingerprint density at radius 2 is 0.590 bits per heavy atom. The van der Waals surface area contributed by atoms with Gasteiger partial charge >= 0.3 is 23.9 Å². The molecule has 117 heavy (non-hydrogen) atoms. The van der Waals surface area contributed by atoms with Crippen LogP contribution in [0, 0.1) is 5.92 Å². The average molecular weight is 1670 g/mol. The van der Waals surface area contributed by atoms with E-state index < -0.39 is 267 Å². The number of nitrogens with zero attached hydrogens (tertiary/aromatic N) is 2. The molecule has 2 saturated heterocycles. The third kappa shape index (κ3) is 36.4. The first-order valence-corrected chi connectivity index (χ1v) is 39.4. The Hall–Kier alpha value is -10.3. The van der Waals surface area contributed by atoms with Crippen molar-refractivity contribution in [2.75, 3.05) is 52.5 Å². The smallest absolute Gasteiger partial charge is 0.326 e. The molecule has 29 N–H and O–H groups in total. The summed E-state index contributed by atoms with van der Waals surface area (Å²) in [5.41, 5.74) is 28.3. The van der Waals surface area contributed by atoms with Crippen LogP contribution >= 0.6 is 0 Å². The van der Waals surface area contributed by atoms with Gasteiger partial charge in [-0.2, -0.15) is 0 Å². The molecule has 45 heteroatoms. The lowest BCUT2D eigenvalue weighted by molar-refractivity contribution is -0.143. The molecular formula is C72H124N20O25. The van der Waals surface area contributed by atoms with Gasteiger partial charge in [-0.15, -0.1) is 0 Å². The van der Waals surface area contributed by atoms with Gasteiger partial charge in [0, 0.05) is 32.4 Å². The zero-order valence-corrected chi connectivity index (χ0v) is 67.2. The van der Waals surface area contributed by atoms with Gasteiger partial charge in [-0.25, -0.2) is 4.79 Å². The summed E-state index contributed by atoms with van der Waals surface area (Å²) in [4.78, 5) is 257. The highest BCUT2D eigenvalue weighted by Crippen LogP contribution is 2.22. The molecule has 16 atom stereocenters. The minimum absolute atomic E-state index is 0.00332. The van der Waals surface area contributed by atoms with E-state index in [0.29, 0.717) is 45.1 Å². The molecule has 15 amide bonds. The number of carboxylic acids is 4. The molecule has 2 heterocycles. The minimum atomic E-state index is -1.79. The number of nitrogens with two attached hydrogens (primary N) is 5. The number of likely N-dealkylation sites (tertiary alicyclic amines) is 2. The van der Waals surface area contributed by atoms with Crippen molar-refractivity contribution in [3.05, 3.63) is 0 Å². The molecule has 0 saturated carbocycles. The normalized spacial score (nSPS) is 17.4. The first-order chi connectivity index (χ1) is 55.2. The van der Waals surface area contributed by atoms with E-state index in [1.165, 1.54) is 41.5 Å². The van der Waals surface area contributed by atoms with Crippen molar-refractivity contribution in [1.82, 2.24) is 78.9 Å². The Kier molecular flexibility index (Phi) is 47.2. The summed E-state index contributed by atoms with van der Waals surface area (Å²) in [7, 11) is 0. The maximum Gasteiger partial charge on any atom is 0.326 e. The molecule has 0 unspecified atom stereocenters. The fraction of sp³-hybridized carbons (Fsp3) is 0.736. The number of aliphatic hydroxyl groups is 2. The third-order valence-electron chi connectivity index (χ3n) is 19.3. The zero-order valence-electron chi connectivity index (χ0n) is 67.2. The summed E-state index contributed by atoms with van der Waals surface area (Å²) in [5, 5.41) is 90.7. The Morgan fingerprint density at radius 1 is 0.325 bits per heavy atom. The van der Waals surface area contributed by atoms with Crippen LogP contribution in [0.1, 0.15) is 183 Å². The molecule has 0 aromatic carbocycles. The Balaban J connectivity index is 2.31. The number of nitrogens with one attached hydrogen (secondary N) is 13. The molecule has 2 aliphatic rings. The highest BCUT2D eigenvalue weighted by atomic mass is 16.4. The Labute approximate surface area is 677 Å². The second kappa shape index (κ2) is 53.8. The molecule has 0 radical (unpaired) electrons. The van der Waals surface area contributed by atoms with Crippen molar-refractivity contribution < 1.29 is 122 Å². The molecule has 0 spiro atoms. The third-order valence-corrected chi connectivity index (χ3v) is 19.3. The van der Waals surface area contributed by atoms with Crippen molar-refractivity contribution in [2.45, 2.75) is 279 Å². The van der Waals surface area contributed by atoms with Crippen molar-refractivity contribution in [3.63, 3.8) is 0 Å². The predicted molar refractivity (Wildman–Crippen MR) is 414 cm³/mol. The lowest BCUT2D eigenvalue weighted by Gasteiger charge is -2.31. The van der Waals surface area contributed by atoms with Crippen LogP contribution in [0.3, 0.4) is 0 Å². The molecule has 0 bridgehead atoms. The zero-order chi connectivity index (χ0) is 88.3. The van der Waals surface area contributed by atoms with Crippen molar-refractivity contribution in [1.29, 1.82) is 0 Å². The standard InChI is InChI=1S/C72H124N20O25/c1-37(2)56(69(113)86-44(19-9-13-31-75)63(107)85-47(25-28-55(99)100)66(110)84-46(24-27-54(97)98)62(106)79-40(5)60(104)87-48(72(116)117)20-10-14-32-76)90-68(112)52-22-16-34-92(52)71(115)50(36-94)89-65(109)43(18-8-12-30-74)82-58(102)39(4)78-61(105)45(23-26-53(95)96)83-59(103)41(6)80-67(111)51-21-15-33-91(51)70(114)49(35-93)88-64(108)42(17-7-11-29-73)81-57(101)38(3)77/h37-52,56,93-94H,7-36,73-77H2,1-6H3,(H,78,105)(H,79,106)(H,80,111)(H,81,101)(H,82,102)(H,83,103)(H,84,110)(H,85,107)(H,86,113)(H,87,104)(H,88,108)(H,89,109)(H,90,112)(H,95,96)(H,97,98)(H,99,100)(H,116,117)/t38-,39-,40-,41-,42-,43-,44-,45-,46-,47-,48-,49-,50-,51-,52-,56-/m0/s1.